The Bertz CT molecular complexity index is 1130. The molecule has 6 nitrogen and oxygen atoms in total. The lowest BCUT2D eigenvalue weighted by Crippen LogP contribution is -2.54. The predicted octanol–water partition coefficient (Wildman–Crippen LogP) is 3.70. The Balaban J connectivity index is 1.81. The van der Waals surface area contributed by atoms with E-state index in [9.17, 15) is 39.9 Å². The maximum Gasteiger partial charge on any atom is 0.432 e. The third-order valence-electron chi connectivity index (χ3n) is 6.02. The van der Waals surface area contributed by atoms with Crippen molar-refractivity contribution in [3.63, 3.8) is 0 Å². The van der Waals surface area contributed by atoms with Gasteiger partial charge in [0.25, 0.3) is 5.60 Å². The Morgan fingerprint density at radius 3 is 2.03 bits per heavy atom. The summed E-state index contributed by atoms with van der Waals surface area (Å²) in [6.07, 6.45) is -9.40. The molecule has 194 valence electrons. The average molecular weight is 526 g/mol. The van der Waals surface area contributed by atoms with Gasteiger partial charge in [-0.25, -0.2) is 8.42 Å². The zero-order chi connectivity index (χ0) is 26.2. The first kappa shape index (κ1) is 27.4. The van der Waals surface area contributed by atoms with Gasteiger partial charge in [-0.05, 0) is 29.2 Å². The van der Waals surface area contributed by atoms with Crippen molar-refractivity contribution < 1.29 is 39.9 Å². The molecule has 2 heterocycles. The molecule has 0 amide bonds. The van der Waals surface area contributed by atoms with Crippen LogP contribution in [0.1, 0.15) is 23.7 Å². The Morgan fingerprint density at radius 2 is 1.57 bits per heavy atom. The van der Waals surface area contributed by atoms with Crippen molar-refractivity contribution in [2.24, 2.45) is 0 Å². The van der Waals surface area contributed by atoms with E-state index in [2.05, 4.69) is 9.88 Å². The van der Waals surface area contributed by atoms with Gasteiger partial charge in [-0.3, -0.25) is 9.88 Å². The third kappa shape index (κ3) is 5.63. The van der Waals surface area contributed by atoms with Crippen LogP contribution in [-0.2, 0) is 28.6 Å². The second-order valence-corrected chi connectivity index (χ2v) is 10.4. The van der Waals surface area contributed by atoms with Crippen LogP contribution in [0.2, 0.25) is 0 Å². The molecule has 1 fully saturated rings. The minimum absolute atomic E-state index is 0.311. The standard InChI is InChI=1S/C22H25F6N3O3S/c1-3-16-12-15(14-30-8-10-31(11-9-30)35(2,33)34)4-6-18(16)17-5-7-19(29-13-17)20(32,21(23,24)25)22(26,27)28/h4-7,12-13,32H,3,8-11,14H2,1-2H3. The molecule has 0 atom stereocenters. The molecule has 1 aromatic heterocycles. The quantitative estimate of drug-likeness (QED) is 0.583. The summed E-state index contributed by atoms with van der Waals surface area (Å²) in [7, 11) is -3.24. The van der Waals surface area contributed by atoms with E-state index < -0.39 is 33.7 Å². The van der Waals surface area contributed by atoms with Gasteiger partial charge >= 0.3 is 12.4 Å². The molecule has 0 aliphatic carbocycles. The van der Waals surface area contributed by atoms with Crippen LogP contribution in [0.15, 0.2) is 36.5 Å². The predicted molar refractivity (Wildman–Crippen MR) is 117 cm³/mol. The van der Waals surface area contributed by atoms with Crippen LogP contribution < -0.4 is 0 Å². The minimum Gasteiger partial charge on any atom is -0.368 e. The van der Waals surface area contributed by atoms with E-state index in [-0.39, 0.29) is 0 Å². The van der Waals surface area contributed by atoms with E-state index in [1.54, 1.807) is 12.1 Å². The summed E-state index contributed by atoms with van der Waals surface area (Å²) >= 11 is 0. The molecular formula is C22H25F6N3O3S. The van der Waals surface area contributed by atoms with E-state index in [0.717, 1.165) is 23.4 Å². The van der Waals surface area contributed by atoms with Crippen LogP contribution in [0.4, 0.5) is 26.3 Å². The van der Waals surface area contributed by atoms with Crippen LogP contribution in [0.3, 0.4) is 0 Å². The van der Waals surface area contributed by atoms with Gasteiger partial charge in [0.05, 0.1) is 11.9 Å². The monoisotopic (exact) mass is 525 g/mol. The van der Waals surface area contributed by atoms with Crippen LogP contribution in [0, 0.1) is 0 Å². The van der Waals surface area contributed by atoms with E-state index in [1.807, 2.05) is 13.0 Å². The van der Waals surface area contributed by atoms with Crippen LogP contribution in [0.25, 0.3) is 11.1 Å². The summed E-state index contributed by atoms with van der Waals surface area (Å²) in [6, 6.07) is 7.02. The molecule has 0 unspecified atom stereocenters. The van der Waals surface area contributed by atoms with Crippen LogP contribution in [0.5, 0.6) is 0 Å². The maximum absolute atomic E-state index is 13.1. The summed E-state index contributed by atoms with van der Waals surface area (Å²) in [6.45, 7) is 4.31. The molecule has 1 aliphatic heterocycles. The molecule has 35 heavy (non-hydrogen) atoms. The number of hydrogen-bond acceptors (Lipinski definition) is 5. The SMILES string of the molecule is CCc1cc(CN2CCN(S(C)(=O)=O)CC2)ccc1-c1ccc(C(O)(C(F)(F)F)C(F)(F)F)nc1. The largest absolute Gasteiger partial charge is 0.432 e. The number of piperazine rings is 1. The van der Waals surface area contributed by atoms with Gasteiger partial charge in [-0.15, -0.1) is 0 Å². The van der Waals surface area contributed by atoms with E-state index in [4.69, 9.17) is 0 Å². The lowest BCUT2D eigenvalue weighted by molar-refractivity contribution is -0.377. The number of aliphatic hydroxyl groups is 1. The van der Waals surface area contributed by atoms with Gasteiger partial charge in [0.2, 0.25) is 10.0 Å². The zero-order valence-electron chi connectivity index (χ0n) is 19.0. The lowest BCUT2D eigenvalue weighted by atomic mass is 9.94. The molecule has 0 saturated carbocycles. The molecular weight excluding hydrogens is 500 g/mol. The summed E-state index contributed by atoms with van der Waals surface area (Å²) in [4.78, 5) is 5.43. The highest BCUT2D eigenvalue weighted by molar-refractivity contribution is 7.88. The number of nitrogens with zero attached hydrogens (tertiary/aromatic N) is 3. The Morgan fingerprint density at radius 1 is 0.971 bits per heavy atom. The fraction of sp³-hybridized carbons (Fsp3) is 0.500. The zero-order valence-corrected chi connectivity index (χ0v) is 19.8. The van der Waals surface area contributed by atoms with Crippen molar-refractivity contribution in [2.75, 3.05) is 32.4 Å². The average Bonchev–Trinajstić information content (AvgIpc) is 2.77. The number of alkyl halides is 6. The van der Waals surface area contributed by atoms with E-state index in [0.29, 0.717) is 56.3 Å². The minimum atomic E-state index is -6.00. The Hall–Kier alpha value is -2.22. The van der Waals surface area contributed by atoms with Gasteiger partial charge in [0, 0.05) is 44.5 Å². The van der Waals surface area contributed by atoms with Crippen LogP contribution in [-0.4, -0.2) is 72.5 Å². The van der Waals surface area contributed by atoms with Crippen molar-refractivity contribution in [3.05, 3.63) is 53.3 Å². The summed E-state index contributed by atoms with van der Waals surface area (Å²) in [5, 5.41) is 9.52. The number of aromatic nitrogens is 1. The summed E-state index contributed by atoms with van der Waals surface area (Å²) in [5.41, 5.74) is -3.97. The van der Waals surface area contributed by atoms with Gasteiger partial charge < -0.3 is 5.11 Å². The van der Waals surface area contributed by atoms with Crippen molar-refractivity contribution in [2.45, 2.75) is 37.8 Å². The molecule has 0 bridgehead atoms. The highest BCUT2D eigenvalue weighted by Gasteiger charge is 2.72. The van der Waals surface area contributed by atoms with Crippen LogP contribution >= 0.6 is 0 Å². The first-order valence-corrected chi connectivity index (χ1v) is 12.5. The lowest BCUT2D eigenvalue weighted by Gasteiger charge is -2.33. The molecule has 2 aromatic rings. The summed E-state index contributed by atoms with van der Waals surface area (Å²) < 4.78 is 103. The number of aryl methyl sites for hydroxylation is 1. The van der Waals surface area contributed by atoms with Gasteiger partial charge in [0.1, 0.15) is 0 Å². The van der Waals surface area contributed by atoms with Crippen molar-refractivity contribution >= 4 is 10.0 Å². The molecule has 0 radical (unpaired) electrons. The normalized spacial score (nSPS) is 17.1. The first-order valence-electron chi connectivity index (χ1n) is 10.7. The fourth-order valence-electron chi connectivity index (χ4n) is 4.02. The molecule has 1 N–H and O–H groups in total. The molecule has 1 aliphatic rings. The molecule has 0 spiro atoms. The second-order valence-electron chi connectivity index (χ2n) is 8.42. The topological polar surface area (TPSA) is 73.7 Å². The number of pyridine rings is 1. The van der Waals surface area contributed by atoms with Crippen molar-refractivity contribution in [3.8, 4) is 11.1 Å². The molecule has 1 aromatic carbocycles. The highest BCUT2D eigenvalue weighted by atomic mass is 32.2. The second kappa shape index (κ2) is 9.68. The van der Waals surface area contributed by atoms with E-state index in [1.165, 1.54) is 10.6 Å². The summed E-state index contributed by atoms with van der Waals surface area (Å²) in [5.74, 6) is 0. The Kier molecular flexibility index (Phi) is 7.57. The molecule has 1 saturated heterocycles. The van der Waals surface area contributed by atoms with Crippen molar-refractivity contribution in [1.29, 1.82) is 0 Å². The Labute approximate surface area is 199 Å². The maximum atomic E-state index is 13.1. The first-order chi connectivity index (χ1) is 16.1. The number of hydrogen-bond donors (Lipinski definition) is 1. The number of sulfonamides is 1. The smallest absolute Gasteiger partial charge is 0.368 e. The number of benzene rings is 1. The fourth-order valence-corrected chi connectivity index (χ4v) is 4.84. The number of rotatable bonds is 6. The molecule has 13 heteroatoms. The van der Waals surface area contributed by atoms with Gasteiger partial charge in [-0.1, -0.05) is 31.2 Å². The van der Waals surface area contributed by atoms with E-state index >= 15 is 0 Å². The third-order valence-corrected chi connectivity index (χ3v) is 7.33. The van der Waals surface area contributed by atoms with Gasteiger partial charge in [-0.2, -0.15) is 30.6 Å². The molecule has 3 rings (SSSR count). The number of halogens is 6. The van der Waals surface area contributed by atoms with Crippen molar-refractivity contribution in [1.82, 2.24) is 14.2 Å². The van der Waals surface area contributed by atoms with Gasteiger partial charge in [0.15, 0.2) is 0 Å². The highest BCUT2D eigenvalue weighted by Crippen LogP contribution is 2.49.